The van der Waals surface area contributed by atoms with E-state index in [0.717, 1.165) is 167 Å². The molecule has 93 heavy (non-hydrogen) atoms. The Morgan fingerprint density at radius 3 is 0.849 bits per heavy atom. The van der Waals surface area contributed by atoms with Crippen LogP contribution in [-0.4, -0.2) is 104 Å². The van der Waals surface area contributed by atoms with Crippen molar-refractivity contribution in [3.8, 4) is 0 Å². The van der Waals surface area contributed by atoms with Gasteiger partial charge in [-0.15, -0.1) is 0 Å². The smallest absolute Gasteiger partial charge is 0.306 e. The maximum atomic E-state index is 13.2. The molecule has 3 N–H and O–H groups in total. The number of carbonyl (C=O) groups excluding carboxylic acids is 3. The summed E-state index contributed by atoms with van der Waals surface area (Å²) in [5, 5.41) is 30.9. The average molecular weight is 1320 g/mol. The Morgan fingerprint density at radius 1 is 0.312 bits per heavy atom. The summed E-state index contributed by atoms with van der Waals surface area (Å²) in [6.07, 6.45) is 56.7. The van der Waals surface area contributed by atoms with E-state index in [2.05, 4.69) is 98.8 Å². The zero-order valence-electron chi connectivity index (χ0n) is 63.5. The first-order chi connectivity index (χ1) is 43.9. The van der Waals surface area contributed by atoms with Crippen molar-refractivity contribution in [3.05, 3.63) is 36.5 Å². The van der Waals surface area contributed by atoms with Crippen molar-refractivity contribution in [1.29, 1.82) is 0 Å². The molecule has 0 saturated carbocycles. The molecule has 0 aromatic heterocycles. The van der Waals surface area contributed by atoms with Crippen molar-refractivity contribution >= 4 is 17.9 Å². The molecule has 12 nitrogen and oxygen atoms in total. The molecule has 0 rings (SSSR count). The quantitative estimate of drug-likeness (QED) is 0.0229. The Hall–Kier alpha value is -2.61. The number of esters is 3. The second-order valence-corrected chi connectivity index (χ2v) is 31.5. The highest BCUT2D eigenvalue weighted by Crippen LogP contribution is 2.30. The molecule has 0 heterocycles. The standard InChI is InChI=1S/C81H152O12/c1-16-19-22-43-52-69(91-79(10,11)64-61-76(4,5)85)55-46-37-31-25-28-34-40-49-58-73(82)88-67-72(90-75(84)60-51-42-36-30-27-33-39-48-57-71(54-45-24-21-18-3)93-81(14,15)66-63-78(8,9)87)68-89-74(83)59-50-41-35-29-26-32-38-47-56-70(53-44-23-20-17-2)92-80(12,13)65-62-77(6,7)86/h37-39,46-48,69-72,85-87H,16-36,40-45,49-68H2,1-15H3. The topological polar surface area (TPSA) is 167 Å². The van der Waals surface area contributed by atoms with E-state index in [4.69, 9.17) is 28.4 Å². The highest BCUT2D eigenvalue weighted by molar-refractivity contribution is 5.71. The van der Waals surface area contributed by atoms with Crippen LogP contribution >= 0.6 is 0 Å². The minimum absolute atomic E-state index is 0.144. The third kappa shape index (κ3) is 62.6. The fraction of sp³-hybridized carbons (Fsp3) is 0.889. The van der Waals surface area contributed by atoms with Gasteiger partial charge in [-0.3, -0.25) is 14.4 Å². The van der Waals surface area contributed by atoms with E-state index >= 15 is 0 Å². The SMILES string of the molecule is CCCCCCC(CC=CCCCCCCCC(=O)OCC(COC(=O)CCCCCCCC=CCC(CCCCCC)OC(C)(C)CCC(C)(C)O)OC(=O)CCCCCCCC=CCC(CCCCCC)OC(C)(C)CCC(C)(C)O)OC(C)(C)CCC(C)(C)O. The first-order valence-corrected chi connectivity index (χ1v) is 38.5. The fourth-order valence-corrected chi connectivity index (χ4v) is 11.6. The predicted octanol–water partition coefficient (Wildman–Crippen LogP) is 22.1. The molecule has 0 aromatic rings. The number of allylic oxidation sites excluding steroid dienone is 3. The number of carbonyl (C=O) groups is 3. The highest BCUT2D eigenvalue weighted by atomic mass is 16.6. The lowest BCUT2D eigenvalue weighted by atomic mass is 9.93. The van der Waals surface area contributed by atoms with Crippen LogP contribution in [-0.2, 0) is 42.8 Å². The Labute approximate surface area is 573 Å². The summed E-state index contributed by atoms with van der Waals surface area (Å²) in [6.45, 7) is 30.5. The number of ether oxygens (including phenoxy) is 6. The van der Waals surface area contributed by atoms with Gasteiger partial charge in [-0.2, -0.15) is 0 Å². The molecule has 3 unspecified atom stereocenters. The molecule has 12 heteroatoms. The molecule has 0 aliphatic rings. The van der Waals surface area contributed by atoms with Crippen molar-refractivity contribution in [2.75, 3.05) is 13.2 Å². The molecule has 0 spiro atoms. The van der Waals surface area contributed by atoms with Gasteiger partial charge in [0, 0.05) is 19.3 Å². The molecule has 0 aromatic carbocycles. The normalized spacial score (nSPS) is 14.4. The van der Waals surface area contributed by atoms with Crippen molar-refractivity contribution in [1.82, 2.24) is 0 Å². The van der Waals surface area contributed by atoms with E-state index < -0.39 is 22.9 Å². The predicted molar refractivity (Wildman–Crippen MR) is 390 cm³/mol. The van der Waals surface area contributed by atoms with Crippen LogP contribution in [0.25, 0.3) is 0 Å². The lowest BCUT2D eigenvalue weighted by Gasteiger charge is -2.33. The monoisotopic (exact) mass is 1320 g/mol. The minimum Gasteiger partial charge on any atom is -0.462 e. The number of hydrogen-bond acceptors (Lipinski definition) is 12. The second-order valence-electron chi connectivity index (χ2n) is 31.5. The number of rotatable bonds is 65. The summed E-state index contributed by atoms with van der Waals surface area (Å²) in [6, 6.07) is 0. The van der Waals surface area contributed by atoms with Gasteiger partial charge >= 0.3 is 17.9 Å². The Morgan fingerprint density at radius 2 is 0.570 bits per heavy atom. The van der Waals surface area contributed by atoms with E-state index in [-0.39, 0.29) is 85.5 Å². The molecule has 0 bridgehead atoms. The van der Waals surface area contributed by atoms with Crippen molar-refractivity contribution in [2.45, 2.75) is 451 Å². The van der Waals surface area contributed by atoms with E-state index in [0.29, 0.717) is 25.7 Å². The van der Waals surface area contributed by atoms with Crippen molar-refractivity contribution < 1.29 is 58.1 Å². The summed E-state index contributed by atoms with van der Waals surface area (Å²) in [5.74, 6) is -1.04. The molecule has 548 valence electrons. The molecular formula is C81H152O12. The summed E-state index contributed by atoms with van der Waals surface area (Å²) in [5.41, 5.74) is -2.97. The molecule has 0 radical (unpaired) electrons. The van der Waals surface area contributed by atoms with Crippen LogP contribution in [0.2, 0.25) is 0 Å². The Balaban J connectivity index is 5.22. The lowest BCUT2D eigenvalue weighted by Crippen LogP contribution is -2.33. The zero-order valence-corrected chi connectivity index (χ0v) is 63.5. The van der Waals surface area contributed by atoms with Crippen LogP contribution in [0.15, 0.2) is 36.5 Å². The molecular weight excluding hydrogens is 1160 g/mol. The maximum Gasteiger partial charge on any atom is 0.306 e. The third-order valence-corrected chi connectivity index (χ3v) is 17.7. The minimum atomic E-state index is -0.862. The van der Waals surface area contributed by atoms with Gasteiger partial charge in [0.25, 0.3) is 0 Å². The van der Waals surface area contributed by atoms with Gasteiger partial charge in [-0.05, 0) is 218 Å². The van der Waals surface area contributed by atoms with Crippen molar-refractivity contribution in [2.24, 2.45) is 0 Å². The van der Waals surface area contributed by atoms with Gasteiger partial charge in [-0.25, -0.2) is 0 Å². The molecule has 0 aliphatic carbocycles. The summed E-state index contributed by atoms with van der Waals surface area (Å²) in [7, 11) is 0. The number of aliphatic hydroxyl groups is 3. The summed E-state index contributed by atoms with van der Waals surface area (Å²) < 4.78 is 37.1. The Kier molecular flexibility index (Phi) is 52.8. The first kappa shape index (κ1) is 90.4. The van der Waals surface area contributed by atoms with E-state index in [9.17, 15) is 29.7 Å². The highest BCUT2D eigenvalue weighted by Gasteiger charge is 2.29. The summed E-state index contributed by atoms with van der Waals surface area (Å²) >= 11 is 0. The largest absolute Gasteiger partial charge is 0.462 e. The fourth-order valence-electron chi connectivity index (χ4n) is 11.6. The average Bonchev–Trinajstić information content (AvgIpc) is 1.80. The van der Waals surface area contributed by atoms with E-state index in [1.165, 1.54) is 77.0 Å². The first-order valence-electron chi connectivity index (χ1n) is 38.5. The molecule has 0 saturated heterocycles. The molecule has 0 fully saturated rings. The van der Waals surface area contributed by atoms with Gasteiger partial charge in [0.15, 0.2) is 6.10 Å². The van der Waals surface area contributed by atoms with Crippen LogP contribution in [0.3, 0.4) is 0 Å². The number of hydrogen-bond donors (Lipinski definition) is 3. The lowest BCUT2D eigenvalue weighted by molar-refractivity contribution is -0.167. The van der Waals surface area contributed by atoms with Crippen LogP contribution in [0.5, 0.6) is 0 Å². The van der Waals surface area contributed by atoms with Crippen molar-refractivity contribution in [3.63, 3.8) is 0 Å². The second kappa shape index (κ2) is 54.3. The van der Waals surface area contributed by atoms with Gasteiger partial charge in [0.2, 0.25) is 0 Å². The molecule has 0 amide bonds. The van der Waals surface area contributed by atoms with E-state index in [1.807, 2.05) is 41.5 Å². The maximum absolute atomic E-state index is 13.2. The molecule has 0 aliphatic heterocycles. The zero-order chi connectivity index (χ0) is 69.8. The van der Waals surface area contributed by atoms with Gasteiger partial charge in [-0.1, -0.05) is 192 Å². The summed E-state index contributed by atoms with van der Waals surface area (Å²) in [4.78, 5) is 39.1. The van der Waals surface area contributed by atoms with Crippen LogP contribution in [0.4, 0.5) is 0 Å². The van der Waals surface area contributed by atoms with Crippen LogP contribution in [0, 0.1) is 0 Å². The number of unbranched alkanes of at least 4 members (excludes halogenated alkanes) is 24. The van der Waals surface area contributed by atoms with Crippen LogP contribution in [0.1, 0.15) is 393 Å². The van der Waals surface area contributed by atoms with Gasteiger partial charge < -0.3 is 43.7 Å². The van der Waals surface area contributed by atoms with Gasteiger partial charge in [0.05, 0.1) is 51.9 Å². The third-order valence-electron chi connectivity index (χ3n) is 17.7. The molecule has 3 atom stereocenters. The van der Waals surface area contributed by atoms with Gasteiger partial charge in [0.1, 0.15) is 13.2 Å². The Bertz CT molecular complexity index is 1790. The van der Waals surface area contributed by atoms with E-state index in [1.54, 1.807) is 0 Å². The van der Waals surface area contributed by atoms with Crippen LogP contribution < -0.4 is 0 Å².